The molecule has 106 valence electrons. The zero-order valence-electron chi connectivity index (χ0n) is 11.0. The molecule has 0 atom stereocenters. The van der Waals surface area contributed by atoms with Gasteiger partial charge in [0.2, 0.25) is 0 Å². The Bertz CT molecular complexity index is 698. The number of benzene rings is 1. The van der Waals surface area contributed by atoms with Gasteiger partial charge in [-0.05, 0) is 23.8 Å². The second kappa shape index (κ2) is 5.94. The van der Waals surface area contributed by atoms with Gasteiger partial charge in [0, 0.05) is 17.0 Å². The quantitative estimate of drug-likeness (QED) is 0.806. The minimum absolute atomic E-state index is 0.00809. The highest BCUT2D eigenvalue weighted by Crippen LogP contribution is 2.20. The zero-order valence-corrected chi connectivity index (χ0v) is 12.5. The Morgan fingerprint density at radius 1 is 1.30 bits per heavy atom. The first kappa shape index (κ1) is 15.0. The van der Waals surface area contributed by atoms with Crippen molar-refractivity contribution >= 4 is 23.2 Å². The SMILES string of the molecule is CC(C)c1nc(Cl)cc(=O)n1Cc1cc(F)ccc1Cl. The summed E-state index contributed by atoms with van der Waals surface area (Å²) in [4.78, 5) is 16.2. The Hall–Kier alpha value is -1.39. The summed E-state index contributed by atoms with van der Waals surface area (Å²) in [5.74, 6) is 0.155. The fraction of sp³-hybridized carbons (Fsp3) is 0.286. The second-order valence-corrected chi connectivity index (χ2v) is 5.55. The lowest BCUT2D eigenvalue weighted by atomic mass is 10.1. The molecule has 0 aliphatic heterocycles. The van der Waals surface area contributed by atoms with Crippen LogP contribution in [0.1, 0.15) is 31.2 Å². The molecule has 0 unspecified atom stereocenters. The van der Waals surface area contributed by atoms with E-state index in [9.17, 15) is 9.18 Å². The van der Waals surface area contributed by atoms with Crippen LogP contribution in [-0.4, -0.2) is 9.55 Å². The van der Waals surface area contributed by atoms with Gasteiger partial charge in [-0.15, -0.1) is 0 Å². The van der Waals surface area contributed by atoms with Crippen molar-refractivity contribution in [3.8, 4) is 0 Å². The largest absolute Gasteiger partial charge is 0.292 e. The zero-order chi connectivity index (χ0) is 14.9. The van der Waals surface area contributed by atoms with Gasteiger partial charge in [0.25, 0.3) is 5.56 Å². The molecular formula is C14H13Cl2FN2O. The van der Waals surface area contributed by atoms with Crippen LogP contribution in [0.3, 0.4) is 0 Å². The third kappa shape index (κ3) is 3.19. The summed E-state index contributed by atoms with van der Waals surface area (Å²) in [5.41, 5.74) is 0.244. The molecule has 0 radical (unpaired) electrons. The molecule has 0 aliphatic rings. The fourth-order valence-corrected chi connectivity index (χ4v) is 2.29. The van der Waals surface area contributed by atoms with Crippen molar-refractivity contribution in [2.45, 2.75) is 26.3 Å². The predicted molar refractivity (Wildman–Crippen MR) is 78.1 cm³/mol. The predicted octanol–water partition coefficient (Wildman–Crippen LogP) is 3.86. The average molecular weight is 315 g/mol. The maximum atomic E-state index is 13.3. The van der Waals surface area contributed by atoms with Crippen LogP contribution in [-0.2, 0) is 6.54 Å². The van der Waals surface area contributed by atoms with Crippen LogP contribution in [0.25, 0.3) is 0 Å². The van der Waals surface area contributed by atoms with Crippen molar-refractivity contribution in [1.29, 1.82) is 0 Å². The standard InChI is InChI=1S/C14H13Cl2FN2O/c1-8(2)14-18-12(16)6-13(20)19(14)7-9-5-10(17)3-4-11(9)15/h3-6,8H,7H2,1-2H3. The highest BCUT2D eigenvalue weighted by Gasteiger charge is 2.13. The van der Waals surface area contributed by atoms with Gasteiger partial charge in [0.15, 0.2) is 0 Å². The molecule has 1 aromatic heterocycles. The first-order valence-corrected chi connectivity index (χ1v) is 6.85. The van der Waals surface area contributed by atoms with E-state index in [1.54, 1.807) is 0 Å². The minimum Gasteiger partial charge on any atom is -0.292 e. The topological polar surface area (TPSA) is 34.9 Å². The summed E-state index contributed by atoms with van der Waals surface area (Å²) in [7, 11) is 0. The molecule has 3 nitrogen and oxygen atoms in total. The summed E-state index contributed by atoms with van der Waals surface area (Å²) in [6.07, 6.45) is 0. The van der Waals surface area contributed by atoms with E-state index in [1.165, 1.54) is 28.8 Å². The van der Waals surface area contributed by atoms with E-state index >= 15 is 0 Å². The Labute approximate surface area is 126 Å². The number of aromatic nitrogens is 2. The summed E-state index contributed by atoms with van der Waals surface area (Å²) >= 11 is 11.8. The van der Waals surface area contributed by atoms with Gasteiger partial charge in [-0.2, -0.15) is 0 Å². The summed E-state index contributed by atoms with van der Waals surface area (Å²) in [6.45, 7) is 3.97. The molecule has 1 heterocycles. The maximum absolute atomic E-state index is 13.3. The molecule has 0 spiro atoms. The van der Waals surface area contributed by atoms with Crippen molar-refractivity contribution in [2.24, 2.45) is 0 Å². The molecule has 0 amide bonds. The Morgan fingerprint density at radius 3 is 2.65 bits per heavy atom. The molecule has 0 saturated carbocycles. The number of hydrogen-bond donors (Lipinski definition) is 0. The van der Waals surface area contributed by atoms with E-state index in [2.05, 4.69) is 4.98 Å². The average Bonchev–Trinajstić information content (AvgIpc) is 2.36. The number of hydrogen-bond acceptors (Lipinski definition) is 2. The molecule has 0 bridgehead atoms. The van der Waals surface area contributed by atoms with Gasteiger partial charge in [-0.1, -0.05) is 37.0 Å². The monoisotopic (exact) mass is 314 g/mol. The summed E-state index contributed by atoms with van der Waals surface area (Å²) in [6, 6.07) is 5.29. The third-order valence-electron chi connectivity index (χ3n) is 2.86. The van der Waals surface area contributed by atoms with Crippen molar-refractivity contribution < 1.29 is 4.39 Å². The molecule has 1 aromatic carbocycles. The van der Waals surface area contributed by atoms with Crippen molar-refractivity contribution in [1.82, 2.24) is 9.55 Å². The molecule has 20 heavy (non-hydrogen) atoms. The smallest absolute Gasteiger partial charge is 0.255 e. The van der Waals surface area contributed by atoms with Gasteiger partial charge in [0.05, 0.1) is 6.54 Å². The summed E-state index contributed by atoms with van der Waals surface area (Å²) in [5, 5.41) is 0.559. The summed E-state index contributed by atoms with van der Waals surface area (Å²) < 4.78 is 14.7. The van der Waals surface area contributed by atoms with E-state index in [0.717, 1.165) is 0 Å². The number of nitrogens with zero attached hydrogens (tertiary/aromatic N) is 2. The molecule has 2 rings (SSSR count). The van der Waals surface area contributed by atoms with Crippen LogP contribution in [0.4, 0.5) is 4.39 Å². The minimum atomic E-state index is -0.398. The molecule has 0 saturated heterocycles. The molecule has 0 N–H and O–H groups in total. The van der Waals surface area contributed by atoms with Crippen LogP contribution >= 0.6 is 23.2 Å². The van der Waals surface area contributed by atoms with Crippen molar-refractivity contribution in [3.05, 3.63) is 62.0 Å². The Balaban J connectivity index is 2.53. The number of rotatable bonds is 3. The first-order valence-electron chi connectivity index (χ1n) is 6.09. The van der Waals surface area contributed by atoms with Crippen molar-refractivity contribution in [3.63, 3.8) is 0 Å². The lowest BCUT2D eigenvalue weighted by Crippen LogP contribution is -2.26. The van der Waals surface area contributed by atoms with Crippen LogP contribution < -0.4 is 5.56 Å². The fourth-order valence-electron chi connectivity index (χ4n) is 1.93. The van der Waals surface area contributed by atoms with Crippen molar-refractivity contribution in [2.75, 3.05) is 0 Å². The van der Waals surface area contributed by atoms with E-state index in [-0.39, 0.29) is 23.2 Å². The van der Waals surface area contributed by atoms with Gasteiger partial charge in [-0.3, -0.25) is 9.36 Å². The lowest BCUT2D eigenvalue weighted by Gasteiger charge is -2.15. The normalized spacial score (nSPS) is 11.1. The molecular weight excluding hydrogens is 302 g/mol. The molecule has 0 aliphatic carbocycles. The van der Waals surface area contributed by atoms with E-state index in [1.807, 2.05) is 13.8 Å². The van der Waals surface area contributed by atoms with E-state index < -0.39 is 5.82 Å². The maximum Gasteiger partial charge on any atom is 0.255 e. The molecule has 6 heteroatoms. The molecule has 0 fully saturated rings. The number of halogens is 3. The van der Waals surface area contributed by atoms with Gasteiger partial charge >= 0.3 is 0 Å². The van der Waals surface area contributed by atoms with Gasteiger partial charge in [0.1, 0.15) is 16.8 Å². The van der Waals surface area contributed by atoms with Crippen LogP contribution in [0.2, 0.25) is 10.2 Å². The Morgan fingerprint density at radius 2 is 2.00 bits per heavy atom. The molecule has 2 aromatic rings. The first-order chi connectivity index (χ1) is 9.38. The van der Waals surface area contributed by atoms with Crippen LogP contribution in [0, 0.1) is 5.82 Å². The van der Waals surface area contributed by atoms with Gasteiger partial charge in [-0.25, -0.2) is 9.37 Å². The van der Waals surface area contributed by atoms with Gasteiger partial charge < -0.3 is 0 Å². The highest BCUT2D eigenvalue weighted by molar-refractivity contribution is 6.31. The van der Waals surface area contributed by atoms with E-state index in [4.69, 9.17) is 23.2 Å². The van der Waals surface area contributed by atoms with Crippen LogP contribution in [0.5, 0.6) is 0 Å². The third-order valence-corrected chi connectivity index (χ3v) is 3.42. The van der Waals surface area contributed by atoms with Crippen LogP contribution in [0.15, 0.2) is 29.1 Å². The van der Waals surface area contributed by atoms with E-state index in [0.29, 0.717) is 16.4 Å². The second-order valence-electron chi connectivity index (χ2n) is 4.75. The highest BCUT2D eigenvalue weighted by atomic mass is 35.5. The lowest BCUT2D eigenvalue weighted by molar-refractivity contribution is 0.608. The Kier molecular flexibility index (Phi) is 4.45.